The number of hydrogen-bond donors (Lipinski definition) is 2. The van der Waals surface area contributed by atoms with E-state index in [1.165, 1.54) is 0 Å². The second-order valence-electron chi connectivity index (χ2n) is 7.86. The number of nitrogens with one attached hydrogen (secondary N) is 1. The van der Waals surface area contributed by atoms with Gasteiger partial charge in [0.1, 0.15) is 31.0 Å². The Morgan fingerprint density at radius 3 is 2.87 bits per heavy atom. The third-order valence-electron chi connectivity index (χ3n) is 5.02. The van der Waals surface area contributed by atoms with Crippen LogP contribution in [0.5, 0.6) is 0 Å². The number of amides is 1. The Morgan fingerprint density at radius 1 is 1.37 bits per heavy atom. The summed E-state index contributed by atoms with van der Waals surface area (Å²) in [4.78, 5) is 12.4. The van der Waals surface area contributed by atoms with Crippen LogP contribution in [0, 0.1) is 0 Å². The number of unbranched alkanes of at least 4 members (excludes halogenated alkanes) is 1. The Balaban J connectivity index is 1.64. The SMILES string of the molecule is C=CCCCO[C@@H]1O[C@@H]2COC(C)(C)O[C@H]2[C@H](O)[C@@H]1NC(=O)OCc1ccccc1. The van der Waals surface area contributed by atoms with Crippen LogP contribution in [-0.4, -0.2) is 60.8 Å². The topological polar surface area (TPSA) is 95.5 Å². The summed E-state index contributed by atoms with van der Waals surface area (Å²) in [6.45, 7) is 7.99. The van der Waals surface area contributed by atoms with Crippen molar-refractivity contribution in [2.24, 2.45) is 0 Å². The van der Waals surface area contributed by atoms with Gasteiger partial charge in [0.2, 0.25) is 0 Å². The first-order valence-electron chi connectivity index (χ1n) is 10.2. The van der Waals surface area contributed by atoms with Gasteiger partial charge in [-0.3, -0.25) is 0 Å². The monoisotopic (exact) mass is 421 g/mol. The average Bonchev–Trinajstić information content (AvgIpc) is 2.73. The van der Waals surface area contributed by atoms with Crippen LogP contribution in [0.4, 0.5) is 4.79 Å². The Kier molecular flexibility index (Phi) is 7.85. The molecule has 8 heteroatoms. The predicted molar refractivity (Wildman–Crippen MR) is 109 cm³/mol. The van der Waals surface area contributed by atoms with Gasteiger partial charge in [-0.2, -0.15) is 0 Å². The number of aliphatic hydroxyl groups is 1. The van der Waals surface area contributed by atoms with Gasteiger partial charge in [0.25, 0.3) is 0 Å². The first-order chi connectivity index (χ1) is 14.4. The Labute approximate surface area is 177 Å². The molecule has 0 aliphatic carbocycles. The maximum atomic E-state index is 12.4. The van der Waals surface area contributed by atoms with E-state index in [1.807, 2.05) is 30.3 Å². The number of ether oxygens (including phenoxy) is 5. The fourth-order valence-electron chi connectivity index (χ4n) is 3.47. The van der Waals surface area contributed by atoms with Crippen LogP contribution in [0.25, 0.3) is 0 Å². The summed E-state index contributed by atoms with van der Waals surface area (Å²) in [5.74, 6) is -0.860. The van der Waals surface area contributed by atoms with Crippen LogP contribution in [0.1, 0.15) is 32.3 Å². The Hall–Kier alpha value is -1.97. The van der Waals surface area contributed by atoms with E-state index < -0.39 is 42.5 Å². The van der Waals surface area contributed by atoms with Gasteiger partial charge in [0.05, 0.1) is 13.2 Å². The molecule has 2 saturated heterocycles. The number of fused-ring (bicyclic) bond motifs is 1. The lowest BCUT2D eigenvalue weighted by Crippen LogP contribution is -2.68. The maximum Gasteiger partial charge on any atom is 0.407 e. The Morgan fingerprint density at radius 2 is 2.13 bits per heavy atom. The fraction of sp³-hybridized carbons (Fsp3) is 0.591. The lowest BCUT2D eigenvalue weighted by molar-refractivity contribution is -0.368. The summed E-state index contributed by atoms with van der Waals surface area (Å²) in [7, 11) is 0. The highest BCUT2D eigenvalue weighted by Gasteiger charge is 2.51. The van der Waals surface area contributed by atoms with E-state index in [9.17, 15) is 9.90 Å². The molecule has 2 aliphatic heterocycles. The number of aliphatic hydroxyl groups excluding tert-OH is 1. The van der Waals surface area contributed by atoms with Gasteiger partial charge in [-0.15, -0.1) is 6.58 Å². The van der Waals surface area contributed by atoms with Gasteiger partial charge in [-0.05, 0) is 32.3 Å². The molecule has 166 valence electrons. The van der Waals surface area contributed by atoms with Gasteiger partial charge in [-0.25, -0.2) is 4.79 Å². The summed E-state index contributed by atoms with van der Waals surface area (Å²) < 4.78 is 28.6. The lowest BCUT2D eigenvalue weighted by Gasteiger charge is -2.49. The van der Waals surface area contributed by atoms with Gasteiger partial charge >= 0.3 is 6.09 Å². The second kappa shape index (κ2) is 10.4. The standard InChI is InChI=1S/C22H31NO7/c1-4-5-9-12-26-20-17(23-21(25)27-13-15-10-7-6-8-11-15)18(24)19-16(29-20)14-28-22(2,3)30-19/h4,6-8,10-11,16-20,24H,1,5,9,12-14H2,2-3H3,(H,23,25)/t16-,17+,18-,19-,20-/m1/s1. The van der Waals surface area contributed by atoms with Crippen LogP contribution in [-0.2, 0) is 30.3 Å². The summed E-state index contributed by atoms with van der Waals surface area (Å²) in [6.07, 6.45) is -0.410. The highest BCUT2D eigenvalue weighted by molar-refractivity contribution is 5.67. The average molecular weight is 421 g/mol. The molecule has 0 saturated carbocycles. The first kappa shape index (κ1) is 22.7. The molecule has 1 aromatic carbocycles. The third-order valence-corrected chi connectivity index (χ3v) is 5.02. The number of hydrogen-bond acceptors (Lipinski definition) is 7. The molecule has 0 radical (unpaired) electrons. The minimum atomic E-state index is -1.05. The molecule has 1 aromatic rings. The maximum absolute atomic E-state index is 12.4. The largest absolute Gasteiger partial charge is 0.445 e. The molecule has 2 heterocycles. The molecule has 30 heavy (non-hydrogen) atoms. The van der Waals surface area contributed by atoms with E-state index in [0.717, 1.165) is 18.4 Å². The molecule has 0 spiro atoms. The van der Waals surface area contributed by atoms with E-state index in [1.54, 1.807) is 19.9 Å². The molecule has 8 nitrogen and oxygen atoms in total. The van der Waals surface area contributed by atoms with Crippen molar-refractivity contribution >= 4 is 6.09 Å². The van der Waals surface area contributed by atoms with E-state index in [2.05, 4.69) is 11.9 Å². The zero-order valence-electron chi connectivity index (χ0n) is 17.5. The Bertz CT molecular complexity index is 696. The van der Waals surface area contributed by atoms with Crippen LogP contribution in [0.15, 0.2) is 43.0 Å². The van der Waals surface area contributed by atoms with E-state index >= 15 is 0 Å². The highest BCUT2D eigenvalue weighted by Crippen LogP contribution is 2.32. The number of benzene rings is 1. The summed E-state index contributed by atoms with van der Waals surface area (Å²) in [5.41, 5.74) is 0.861. The van der Waals surface area contributed by atoms with Gasteiger partial charge in [0, 0.05) is 0 Å². The molecular weight excluding hydrogens is 390 g/mol. The van der Waals surface area contributed by atoms with Crippen LogP contribution in [0.2, 0.25) is 0 Å². The third kappa shape index (κ3) is 6.02. The molecule has 3 rings (SSSR count). The van der Waals surface area contributed by atoms with Crippen molar-refractivity contribution in [1.82, 2.24) is 5.32 Å². The smallest absolute Gasteiger partial charge is 0.407 e. The normalized spacial score (nSPS) is 30.2. The molecule has 2 N–H and O–H groups in total. The van der Waals surface area contributed by atoms with Crippen molar-refractivity contribution in [1.29, 1.82) is 0 Å². The number of allylic oxidation sites excluding steroid dienone is 1. The zero-order valence-corrected chi connectivity index (χ0v) is 17.5. The second-order valence-corrected chi connectivity index (χ2v) is 7.86. The van der Waals surface area contributed by atoms with Crippen molar-refractivity contribution in [3.8, 4) is 0 Å². The van der Waals surface area contributed by atoms with Crippen LogP contribution < -0.4 is 5.32 Å². The zero-order chi connectivity index (χ0) is 21.6. The molecule has 1 amide bonds. The minimum Gasteiger partial charge on any atom is -0.445 e. The molecule has 2 fully saturated rings. The fourth-order valence-corrected chi connectivity index (χ4v) is 3.47. The number of carbonyl (C=O) groups excluding carboxylic acids is 1. The van der Waals surface area contributed by atoms with E-state index in [0.29, 0.717) is 6.61 Å². The van der Waals surface area contributed by atoms with Crippen LogP contribution in [0.3, 0.4) is 0 Å². The van der Waals surface area contributed by atoms with Crippen molar-refractivity contribution in [2.45, 2.75) is 69.7 Å². The summed E-state index contributed by atoms with van der Waals surface area (Å²) in [6, 6.07) is 8.49. The van der Waals surface area contributed by atoms with Gasteiger partial charge < -0.3 is 34.1 Å². The molecule has 0 unspecified atom stereocenters. The molecule has 5 atom stereocenters. The molecule has 0 aromatic heterocycles. The van der Waals surface area contributed by atoms with E-state index in [4.69, 9.17) is 23.7 Å². The summed E-state index contributed by atoms with van der Waals surface area (Å²) in [5, 5.41) is 13.7. The minimum absolute atomic E-state index is 0.116. The van der Waals surface area contributed by atoms with Gasteiger partial charge in [0.15, 0.2) is 12.1 Å². The molecular formula is C22H31NO7. The van der Waals surface area contributed by atoms with Crippen molar-refractivity contribution in [3.05, 3.63) is 48.6 Å². The number of carbonyl (C=O) groups is 1. The quantitative estimate of drug-likeness (QED) is 0.492. The van der Waals surface area contributed by atoms with E-state index in [-0.39, 0.29) is 13.2 Å². The van der Waals surface area contributed by atoms with Crippen molar-refractivity contribution < 1.29 is 33.6 Å². The highest BCUT2D eigenvalue weighted by atomic mass is 16.8. The van der Waals surface area contributed by atoms with Crippen LogP contribution >= 0.6 is 0 Å². The first-order valence-corrected chi connectivity index (χ1v) is 10.2. The molecule has 0 bridgehead atoms. The lowest BCUT2D eigenvalue weighted by atomic mass is 9.95. The predicted octanol–water partition coefficient (Wildman–Crippen LogP) is 2.50. The summed E-state index contributed by atoms with van der Waals surface area (Å²) >= 11 is 0. The van der Waals surface area contributed by atoms with Crippen molar-refractivity contribution in [3.63, 3.8) is 0 Å². The number of rotatable bonds is 8. The van der Waals surface area contributed by atoms with Crippen molar-refractivity contribution in [2.75, 3.05) is 13.2 Å². The molecule has 2 aliphatic rings. The van der Waals surface area contributed by atoms with Gasteiger partial charge in [-0.1, -0.05) is 36.4 Å². The number of alkyl carbamates (subject to hydrolysis) is 1.